The zero-order chi connectivity index (χ0) is 14.8. The molecule has 2 heterocycles. The molecule has 2 saturated heterocycles. The number of rotatable bonds is 4. The molecule has 4 rings (SSSR count). The van der Waals surface area contributed by atoms with E-state index in [1.165, 1.54) is 43.1 Å². The second-order valence-corrected chi connectivity index (χ2v) is 6.58. The minimum Gasteiger partial charge on any atom is -0.492 e. The van der Waals surface area contributed by atoms with Crippen LogP contribution in [0.2, 0.25) is 0 Å². The van der Waals surface area contributed by atoms with Gasteiger partial charge in [0.25, 0.3) is 0 Å². The Morgan fingerprint density at radius 3 is 2.82 bits per heavy atom. The summed E-state index contributed by atoms with van der Waals surface area (Å²) in [6.45, 7) is 4.18. The number of ether oxygens (including phenoxy) is 1. The second kappa shape index (κ2) is 6.27. The average Bonchev–Trinajstić information content (AvgIpc) is 2.89. The maximum Gasteiger partial charge on any atom is 0.120 e. The molecule has 3 heteroatoms. The van der Waals surface area contributed by atoms with E-state index in [9.17, 15) is 0 Å². The monoisotopic (exact) mass is 296 g/mol. The highest BCUT2D eigenvalue weighted by Gasteiger charge is 2.28. The van der Waals surface area contributed by atoms with E-state index in [0.29, 0.717) is 6.04 Å². The van der Waals surface area contributed by atoms with Gasteiger partial charge in [0.05, 0.1) is 0 Å². The molecule has 3 nitrogen and oxygen atoms in total. The summed E-state index contributed by atoms with van der Waals surface area (Å²) < 4.78 is 5.98. The van der Waals surface area contributed by atoms with Crippen molar-refractivity contribution in [3.05, 3.63) is 42.5 Å². The van der Waals surface area contributed by atoms with Crippen molar-refractivity contribution in [3.63, 3.8) is 0 Å². The Bertz CT molecular complexity index is 642. The lowest BCUT2D eigenvalue weighted by Crippen LogP contribution is -2.37. The van der Waals surface area contributed by atoms with Crippen molar-refractivity contribution in [3.8, 4) is 5.75 Å². The van der Waals surface area contributed by atoms with Crippen LogP contribution in [0.4, 0.5) is 0 Å². The van der Waals surface area contributed by atoms with Gasteiger partial charge in [-0.15, -0.1) is 0 Å². The first-order valence-electron chi connectivity index (χ1n) is 8.47. The highest BCUT2D eigenvalue weighted by atomic mass is 16.5. The van der Waals surface area contributed by atoms with Crippen molar-refractivity contribution < 1.29 is 4.74 Å². The van der Waals surface area contributed by atoms with Gasteiger partial charge >= 0.3 is 0 Å². The molecule has 2 bridgehead atoms. The van der Waals surface area contributed by atoms with Crippen LogP contribution in [0.25, 0.3) is 10.8 Å². The normalized spacial score (nSPS) is 25.3. The van der Waals surface area contributed by atoms with E-state index >= 15 is 0 Å². The summed E-state index contributed by atoms with van der Waals surface area (Å²) in [6, 6.07) is 16.2. The molecule has 2 aromatic carbocycles. The quantitative estimate of drug-likeness (QED) is 0.938. The Balaban J connectivity index is 1.32. The van der Waals surface area contributed by atoms with Crippen LogP contribution < -0.4 is 10.1 Å². The van der Waals surface area contributed by atoms with Gasteiger partial charge in [0, 0.05) is 25.2 Å². The standard InChI is InChI=1S/C19H24N2O/c1-2-4-16-13-19(8-5-15(16)3-1)22-12-11-21-10-9-17-6-7-18(14-21)20-17/h1-5,8,13,17-18,20H,6-7,9-12,14H2. The Kier molecular flexibility index (Phi) is 4.00. The number of nitrogens with one attached hydrogen (secondary N) is 1. The molecule has 0 aliphatic carbocycles. The molecule has 2 aliphatic rings. The number of benzene rings is 2. The highest BCUT2D eigenvalue weighted by molar-refractivity contribution is 5.83. The van der Waals surface area contributed by atoms with Crippen LogP contribution in [-0.2, 0) is 0 Å². The fraction of sp³-hybridized carbons (Fsp3) is 0.474. The van der Waals surface area contributed by atoms with Crippen molar-refractivity contribution >= 4 is 10.8 Å². The molecule has 0 spiro atoms. The maximum atomic E-state index is 5.98. The third kappa shape index (κ3) is 3.11. The molecule has 0 saturated carbocycles. The Morgan fingerprint density at radius 2 is 1.86 bits per heavy atom. The smallest absolute Gasteiger partial charge is 0.120 e. The van der Waals surface area contributed by atoms with E-state index in [0.717, 1.165) is 24.9 Å². The van der Waals surface area contributed by atoms with E-state index in [1.54, 1.807) is 0 Å². The predicted octanol–water partition coefficient (Wildman–Crippen LogP) is 3.04. The average molecular weight is 296 g/mol. The molecule has 2 fully saturated rings. The number of hydrogen-bond donors (Lipinski definition) is 1. The van der Waals surface area contributed by atoms with Gasteiger partial charge in [0.15, 0.2) is 0 Å². The van der Waals surface area contributed by atoms with E-state index in [1.807, 2.05) is 0 Å². The summed E-state index contributed by atoms with van der Waals surface area (Å²) in [4.78, 5) is 2.55. The van der Waals surface area contributed by atoms with Gasteiger partial charge in [0.1, 0.15) is 12.4 Å². The Hall–Kier alpha value is -1.58. The SMILES string of the molecule is c1ccc2cc(OCCN3CCC4CCC(C3)N4)ccc2c1. The van der Waals surface area contributed by atoms with Crippen LogP contribution in [0, 0.1) is 0 Å². The molecule has 0 radical (unpaired) electrons. The number of fused-ring (bicyclic) bond motifs is 3. The van der Waals surface area contributed by atoms with E-state index in [4.69, 9.17) is 4.74 Å². The number of likely N-dealkylation sites (tertiary alicyclic amines) is 1. The molecular weight excluding hydrogens is 272 g/mol. The van der Waals surface area contributed by atoms with Gasteiger partial charge in [-0.05, 0) is 48.7 Å². The van der Waals surface area contributed by atoms with E-state index in [-0.39, 0.29) is 0 Å². The van der Waals surface area contributed by atoms with Gasteiger partial charge < -0.3 is 10.1 Å². The van der Waals surface area contributed by atoms with Crippen LogP contribution in [0.3, 0.4) is 0 Å². The molecule has 0 aromatic heterocycles. The molecule has 0 amide bonds. The first-order chi connectivity index (χ1) is 10.9. The van der Waals surface area contributed by atoms with Crippen molar-refractivity contribution in [1.29, 1.82) is 0 Å². The van der Waals surface area contributed by atoms with Gasteiger partial charge in [-0.3, -0.25) is 4.90 Å². The first-order valence-corrected chi connectivity index (χ1v) is 8.47. The fourth-order valence-corrected chi connectivity index (χ4v) is 3.77. The maximum absolute atomic E-state index is 5.98. The molecule has 2 unspecified atom stereocenters. The molecule has 2 aromatic rings. The molecule has 22 heavy (non-hydrogen) atoms. The lowest BCUT2D eigenvalue weighted by molar-refractivity contribution is 0.201. The van der Waals surface area contributed by atoms with Crippen LogP contribution in [0.5, 0.6) is 5.75 Å². The van der Waals surface area contributed by atoms with Gasteiger partial charge in [-0.1, -0.05) is 30.3 Å². The minimum absolute atomic E-state index is 0.702. The Labute approximate surface area is 132 Å². The third-order valence-corrected chi connectivity index (χ3v) is 5.00. The van der Waals surface area contributed by atoms with Crippen molar-refractivity contribution in [2.75, 3.05) is 26.2 Å². The highest BCUT2D eigenvalue weighted by Crippen LogP contribution is 2.22. The lowest BCUT2D eigenvalue weighted by atomic mass is 10.1. The molecule has 2 atom stereocenters. The summed E-state index contributed by atoms with van der Waals surface area (Å²) in [6.07, 6.45) is 3.99. The van der Waals surface area contributed by atoms with Gasteiger partial charge in [-0.25, -0.2) is 0 Å². The summed E-state index contributed by atoms with van der Waals surface area (Å²) in [5, 5.41) is 6.24. The van der Waals surface area contributed by atoms with Crippen LogP contribution in [0.15, 0.2) is 42.5 Å². The summed E-state index contributed by atoms with van der Waals surface area (Å²) in [5.74, 6) is 0.980. The molecular formula is C19H24N2O. The summed E-state index contributed by atoms with van der Waals surface area (Å²) >= 11 is 0. The number of hydrogen-bond acceptors (Lipinski definition) is 3. The van der Waals surface area contributed by atoms with Crippen LogP contribution in [-0.4, -0.2) is 43.2 Å². The zero-order valence-electron chi connectivity index (χ0n) is 13.0. The molecule has 1 N–H and O–H groups in total. The predicted molar refractivity (Wildman–Crippen MR) is 90.4 cm³/mol. The summed E-state index contributed by atoms with van der Waals surface area (Å²) in [5.41, 5.74) is 0. The first kappa shape index (κ1) is 14.0. The second-order valence-electron chi connectivity index (χ2n) is 6.58. The van der Waals surface area contributed by atoms with Crippen molar-refractivity contribution in [2.24, 2.45) is 0 Å². The largest absolute Gasteiger partial charge is 0.492 e. The van der Waals surface area contributed by atoms with E-state index < -0.39 is 0 Å². The minimum atomic E-state index is 0.702. The van der Waals surface area contributed by atoms with E-state index in [2.05, 4.69) is 52.7 Å². The van der Waals surface area contributed by atoms with Crippen molar-refractivity contribution in [2.45, 2.75) is 31.3 Å². The lowest BCUT2D eigenvalue weighted by Gasteiger charge is -2.23. The number of nitrogens with zero attached hydrogens (tertiary/aromatic N) is 1. The molecule has 116 valence electrons. The van der Waals surface area contributed by atoms with Crippen LogP contribution in [0.1, 0.15) is 19.3 Å². The van der Waals surface area contributed by atoms with Gasteiger partial charge in [-0.2, -0.15) is 0 Å². The molecule has 2 aliphatic heterocycles. The third-order valence-electron chi connectivity index (χ3n) is 5.00. The summed E-state index contributed by atoms with van der Waals surface area (Å²) in [7, 11) is 0. The fourth-order valence-electron chi connectivity index (χ4n) is 3.77. The topological polar surface area (TPSA) is 24.5 Å². The Morgan fingerprint density at radius 1 is 1.00 bits per heavy atom. The zero-order valence-corrected chi connectivity index (χ0v) is 13.0. The van der Waals surface area contributed by atoms with Gasteiger partial charge in [0.2, 0.25) is 0 Å². The van der Waals surface area contributed by atoms with Crippen LogP contribution >= 0.6 is 0 Å². The van der Waals surface area contributed by atoms with Crippen molar-refractivity contribution in [1.82, 2.24) is 10.2 Å².